The predicted octanol–water partition coefficient (Wildman–Crippen LogP) is 2.70. The highest BCUT2D eigenvalue weighted by Gasteiger charge is 2.26. The number of aromatic nitrogens is 3. The van der Waals surface area contributed by atoms with Crippen molar-refractivity contribution in [3.05, 3.63) is 34.5 Å². The third kappa shape index (κ3) is 2.25. The molecule has 0 radical (unpaired) electrons. The lowest BCUT2D eigenvalue weighted by molar-refractivity contribution is 0.112. The Morgan fingerprint density at radius 3 is 3.05 bits per heavy atom. The van der Waals surface area contributed by atoms with Gasteiger partial charge in [-0.1, -0.05) is 6.08 Å². The highest BCUT2D eigenvalue weighted by atomic mass is 32.2. The van der Waals surface area contributed by atoms with E-state index in [1.54, 1.807) is 4.52 Å². The Morgan fingerprint density at radius 1 is 1.50 bits per heavy atom. The summed E-state index contributed by atoms with van der Waals surface area (Å²) in [4.78, 5) is 16.5. The van der Waals surface area contributed by atoms with E-state index in [1.807, 2.05) is 12.1 Å². The number of thioether (sulfide) groups is 1. The fourth-order valence-electron chi connectivity index (χ4n) is 2.50. The van der Waals surface area contributed by atoms with Gasteiger partial charge in [-0.25, -0.2) is 4.98 Å². The van der Waals surface area contributed by atoms with Gasteiger partial charge in [-0.15, -0.1) is 11.8 Å². The normalized spacial score (nSPS) is 20.7. The molecule has 1 aliphatic heterocycles. The highest BCUT2D eigenvalue weighted by molar-refractivity contribution is 8.03. The molecule has 6 nitrogen and oxygen atoms in total. The zero-order valence-electron chi connectivity index (χ0n) is 11.7. The monoisotopic (exact) mass is 311 g/mol. The molecule has 2 aromatic heterocycles. The molecule has 1 saturated carbocycles. The summed E-state index contributed by atoms with van der Waals surface area (Å²) in [6.07, 6.45) is 7.34. The van der Waals surface area contributed by atoms with Crippen LogP contribution in [0.5, 0.6) is 0 Å². The van der Waals surface area contributed by atoms with Crippen LogP contribution in [0.3, 0.4) is 0 Å². The summed E-state index contributed by atoms with van der Waals surface area (Å²) >= 11 is 1.52. The average molecular weight is 311 g/mol. The summed E-state index contributed by atoms with van der Waals surface area (Å²) in [5, 5.41) is 16.8. The van der Waals surface area contributed by atoms with Gasteiger partial charge in [0.25, 0.3) is 0 Å². The lowest BCUT2D eigenvalue weighted by Crippen LogP contribution is -2.10. The molecule has 0 amide bonds. The molecule has 1 atom stereocenters. The Hall–Kier alpha value is -2.33. The van der Waals surface area contributed by atoms with Crippen LogP contribution in [-0.2, 0) is 0 Å². The van der Waals surface area contributed by atoms with E-state index in [0.717, 1.165) is 42.0 Å². The minimum absolute atomic E-state index is 0.119. The zero-order valence-corrected chi connectivity index (χ0v) is 12.5. The Bertz CT molecular complexity index is 830. The van der Waals surface area contributed by atoms with Crippen LogP contribution in [0.4, 0.5) is 5.82 Å². The van der Waals surface area contributed by atoms with E-state index in [1.165, 1.54) is 18.0 Å². The van der Waals surface area contributed by atoms with Gasteiger partial charge >= 0.3 is 0 Å². The van der Waals surface area contributed by atoms with E-state index in [0.29, 0.717) is 17.3 Å². The molecular formula is C15H13N5OS. The highest BCUT2D eigenvalue weighted by Crippen LogP contribution is 2.43. The van der Waals surface area contributed by atoms with Gasteiger partial charge in [0.2, 0.25) is 0 Å². The summed E-state index contributed by atoms with van der Waals surface area (Å²) in [5.74, 6) is 0.863. The van der Waals surface area contributed by atoms with Crippen molar-refractivity contribution in [2.45, 2.75) is 30.6 Å². The molecule has 0 spiro atoms. The van der Waals surface area contributed by atoms with Crippen molar-refractivity contribution in [3.8, 4) is 6.07 Å². The first-order chi connectivity index (χ1) is 10.8. The molecule has 1 N–H and O–H groups in total. The Morgan fingerprint density at radius 2 is 2.36 bits per heavy atom. The summed E-state index contributed by atoms with van der Waals surface area (Å²) in [6.45, 7) is 0. The maximum atomic E-state index is 11.2. The number of allylic oxidation sites excluding steroid dienone is 2. The molecule has 22 heavy (non-hydrogen) atoms. The molecule has 2 aliphatic rings. The van der Waals surface area contributed by atoms with Gasteiger partial charge in [-0.3, -0.25) is 4.79 Å². The molecule has 1 fully saturated rings. The van der Waals surface area contributed by atoms with Gasteiger partial charge in [-0.2, -0.15) is 14.9 Å². The van der Waals surface area contributed by atoms with Gasteiger partial charge in [0.05, 0.1) is 27.6 Å². The second-order valence-corrected chi connectivity index (χ2v) is 6.70. The summed E-state index contributed by atoms with van der Waals surface area (Å²) in [6, 6.07) is 4.65. The largest absolute Gasteiger partial charge is 0.367 e. The molecule has 0 bridgehead atoms. The van der Waals surface area contributed by atoms with Gasteiger partial charge in [0.1, 0.15) is 11.9 Å². The molecule has 0 aromatic carbocycles. The number of aldehydes is 1. The van der Waals surface area contributed by atoms with E-state index < -0.39 is 0 Å². The number of nitrogens with zero attached hydrogens (tertiary/aromatic N) is 4. The van der Waals surface area contributed by atoms with Gasteiger partial charge in [-0.05, 0) is 19.3 Å². The Labute approximate surface area is 131 Å². The van der Waals surface area contributed by atoms with E-state index in [4.69, 9.17) is 5.26 Å². The average Bonchev–Trinajstić information content (AvgIpc) is 3.07. The predicted molar refractivity (Wildman–Crippen MR) is 83.7 cm³/mol. The number of fused-ring (bicyclic) bond motifs is 1. The van der Waals surface area contributed by atoms with Crippen LogP contribution in [0.15, 0.2) is 23.2 Å². The second kappa shape index (κ2) is 5.14. The van der Waals surface area contributed by atoms with Gasteiger partial charge in [0.15, 0.2) is 11.9 Å². The minimum atomic E-state index is 0.119. The van der Waals surface area contributed by atoms with E-state index >= 15 is 0 Å². The number of hydrogen-bond acceptors (Lipinski definition) is 6. The number of nitrogens with one attached hydrogen (secondary N) is 1. The van der Waals surface area contributed by atoms with Crippen LogP contribution in [0.25, 0.3) is 5.65 Å². The maximum absolute atomic E-state index is 11.2. The van der Waals surface area contributed by atoms with Crippen LogP contribution in [0.2, 0.25) is 0 Å². The molecular weight excluding hydrogens is 298 g/mol. The fourth-order valence-corrected chi connectivity index (χ4v) is 3.49. The van der Waals surface area contributed by atoms with Crippen molar-refractivity contribution in [1.29, 1.82) is 5.26 Å². The van der Waals surface area contributed by atoms with Crippen LogP contribution in [-0.4, -0.2) is 26.9 Å². The molecule has 4 rings (SSSR count). The number of rotatable bonds is 4. The standard InChI is InChI=1S/C15H13N5OS/c16-6-11-3-4-13(22-11)12-5-14(18-10-1-2-10)20-15(19-12)9(8-21)7-17-20/h3,5,7-8,10,13,18H,1-2,4H2. The first kappa shape index (κ1) is 13.3. The molecule has 3 heterocycles. The molecule has 7 heteroatoms. The smallest absolute Gasteiger partial charge is 0.168 e. The minimum Gasteiger partial charge on any atom is -0.367 e. The zero-order chi connectivity index (χ0) is 15.1. The SMILES string of the molecule is N#CC1=CCC(c2cc(NC3CC3)n3ncc(C=O)c3n2)S1. The van der Waals surface area contributed by atoms with Gasteiger partial charge in [0, 0.05) is 12.1 Å². The second-order valence-electron chi connectivity index (χ2n) is 5.46. The molecule has 1 aliphatic carbocycles. The number of nitriles is 1. The summed E-state index contributed by atoms with van der Waals surface area (Å²) < 4.78 is 1.68. The third-order valence-corrected chi connectivity index (χ3v) is 5.03. The lowest BCUT2D eigenvalue weighted by Gasteiger charge is -2.13. The maximum Gasteiger partial charge on any atom is 0.168 e. The van der Waals surface area contributed by atoms with Crippen LogP contribution >= 0.6 is 11.8 Å². The summed E-state index contributed by atoms with van der Waals surface area (Å²) in [7, 11) is 0. The molecule has 0 saturated heterocycles. The van der Waals surface area contributed by atoms with Crippen molar-refractivity contribution in [3.63, 3.8) is 0 Å². The van der Waals surface area contributed by atoms with Crippen molar-refractivity contribution < 1.29 is 4.79 Å². The topological polar surface area (TPSA) is 83.1 Å². The van der Waals surface area contributed by atoms with E-state index in [9.17, 15) is 4.79 Å². The quantitative estimate of drug-likeness (QED) is 0.874. The van der Waals surface area contributed by atoms with Crippen LogP contribution in [0.1, 0.15) is 40.6 Å². The number of hydrogen-bond donors (Lipinski definition) is 1. The number of carbonyl (C=O) groups is 1. The van der Waals surface area contributed by atoms with E-state index in [2.05, 4.69) is 21.5 Å². The Balaban J connectivity index is 1.78. The first-order valence-electron chi connectivity index (χ1n) is 7.16. The van der Waals surface area contributed by atoms with Crippen LogP contribution < -0.4 is 5.32 Å². The lowest BCUT2D eigenvalue weighted by atomic mass is 10.2. The third-order valence-electron chi connectivity index (χ3n) is 3.80. The molecule has 1 unspecified atom stereocenters. The van der Waals surface area contributed by atoms with Crippen molar-refractivity contribution >= 4 is 29.5 Å². The van der Waals surface area contributed by atoms with Crippen molar-refractivity contribution in [2.75, 3.05) is 5.32 Å². The van der Waals surface area contributed by atoms with Crippen molar-refractivity contribution in [1.82, 2.24) is 14.6 Å². The first-order valence-corrected chi connectivity index (χ1v) is 8.04. The van der Waals surface area contributed by atoms with E-state index in [-0.39, 0.29) is 5.25 Å². The fraction of sp³-hybridized carbons (Fsp3) is 0.333. The molecule has 2 aromatic rings. The number of carbonyl (C=O) groups excluding carboxylic acids is 1. The van der Waals surface area contributed by atoms with Gasteiger partial charge < -0.3 is 5.32 Å². The number of anilines is 1. The summed E-state index contributed by atoms with van der Waals surface area (Å²) in [5.41, 5.74) is 1.93. The van der Waals surface area contributed by atoms with Crippen molar-refractivity contribution in [2.24, 2.45) is 0 Å². The molecule has 110 valence electrons. The van der Waals surface area contributed by atoms with Crippen LogP contribution in [0, 0.1) is 11.3 Å². The Kier molecular flexibility index (Phi) is 3.12.